The Kier molecular flexibility index (Phi) is 8.56. The molecule has 2 atom stereocenters. The summed E-state index contributed by atoms with van der Waals surface area (Å²) in [6, 6.07) is 0. The number of hydrogen-bond donors (Lipinski definition) is 2. The molecule has 2 heterocycles. The van der Waals surface area contributed by atoms with E-state index in [0.29, 0.717) is 25.7 Å². The predicted molar refractivity (Wildman–Crippen MR) is 131 cm³/mol. The number of aliphatic hydroxyl groups is 2. The minimum Gasteiger partial charge on any atom is -0.462 e. The molecule has 8 heteroatoms. The Hall–Kier alpha value is -1.22. The Morgan fingerprint density at radius 1 is 0.676 bits per heavy atom. The van der Waals surface area contributed by atoms with E-state index in [0.717, 1.165) is 0 Å². The third-order valence-corrected chi connectivity index (χ3v) is 7.39. The molecule has 0 spiro atoms. The lowest BCUT2D eigenvalue weighted by Gasteiger charge is -2.56. The largest absolute Gasteiger partial charge is 0.462 e. The third-order valence-electron chi connectivity index (χ3n) is 7.39. The van der Waals surface area contributed by atoms with E-state index in [4.69, 9.17) is 9.47 Å². The van der Waals surface area contributed by atoms with Crippen molar-refractivity contribution in [3.8, 4) is 0 Å². The highest BCUT2D eigenvalue weighted by atomic mass is 16.6. The van der Waals surface area contributed by atoms with Gasteiger partial charge in [0.2, 0.25) is 0 Å². The lowest BCUT2D eigenvalue weighted by atomic mass is 9.77. The van der Waals surface area contributed by atoms with Gasteiger partial charge in [-0.25, -0.2) is 0 Å². The average Bonchev–Trinajstić information content (AvgIpc) is 2.53. The smallest absolute Gasteiger partial charge is 0.306 e. The first-order valence-electron chi connectivity index (χ1n) is 12.6. The first-order chi connectivity index (χ1) is 15.3. The molecule has 2 saturated heterocycles. The maximum Gasteiger partial charge on any atom is 0.306 e. The molecule has 2 fully saturated rings. The molecule has 0 amide bonds. The highest BCUT2D eigenvalue weighted by Gasteiger charge is 2.49. The van der Waals surface area contributed by atoms with Crippen molar-refractivity contribution in [3.05, 3.63) is 0 Å². The molecular formula is C26H48N2O6. The van der Waals surface area contributed by atoms with Crippen LogP contribution in [0.25, 0.3) is 0 Å². The highest BCUT2D eigenvalue weighted by Crippen LogP contribution is 2.42. The molecule has 2 aliphatic heterocycles. The summed E-state index contributed by atoms with van der Waals surface area (Å²) >= 11 is 0. The van der Waals surface area contributed by atoms with Crippen LogP contribution in [0.15, 0.2) is 0 Å². The predicted octanol–water partition coefficient (Wildman–Crippen LogP) is 3.57. The number of rotatable bonds is 7. The Morgan fingerprint density at radius 3 is 1.12 bits per heavy atom. The maximum atomic E-state index is 12.5. The van der Waals surface area contributed by atoms with Gasteiger partial charge in [0.1, 0.15) is 24.7 Å². The minimum absolute atomic E-state index is 0.0182. The number of hydrogen-bond acceptors (Lipinski definition) is 8. The van der Waals surface area contributed by atoms with Crippen molar-refractivity contribution in [3.63, 3.8) is 0 Å². The molecule has 2 N–H and O–H groups in total. The van der Waals surface area contributed by atoms with Gasteiger partial charge in [0.25, 0.3) is 0 Å². The fourth-order valence-electron chi connectivity index (χ4n) is 7.29. The number of piperidine rings is 2. The highest BCUT2D eigenvalue weighted by molar-refractivity contribution is 5.77. The second-order valence-electron chi connectivity index (χ2n) is 12.8. The van der Waals surface area contributed by atoms with Crippen LogP contribution in [0.3, 0.4) is 0 Å². The van der Waals surface area contributed by atoms with Gasteiger partial charge in [0.05, 0.1) is 12.8 Å². The van der Waals surface area contributed by atoms with Crippen molar-refractivity contribution in [1.29, 1.82) is 0 Å². The number of esters is 2. The Balaban J connectivity index is 1.89. The molecular weight excluding hydrogens is 436 g/mol. The van der Waals surface area contributed by atoms with Gasteiger partial charge < -0.3 is 19.7 Å². The standard InChI is InChI=1S/C26H48N2O6/c1-17(29)27-23(3,4)13-19(14-24(27,5)6)33-21(31)11-12-22(32)34-20-15-25(7,8)28(18(2)30)26(9,10)16-20/h17-20,29-30H,11-16H2,1-10H3. The summed E-state index contributed by atoms with van der Waals surface area (Å²) in [5.41, 5.74) is -1.33. The fraction of sp³-hybridized carbons (Fsp3) is 0.923. The zero-order valence-corrected chi connectivity index (χ0v) is 23.0. The first kappa shape index (κ1) is 29.0. The number of carbonyl (C=O) groups is 2. The van der Waals surface area contributed by atoms with Gasteiger partial charge in [-0.05, 0) is 69.2 Å². The summed E-state index contributed by atoms with van der Waals surface area (Å²) in [5, 5.41) is 20.5. The number of carbonyl (C=O) groups excluding carboxylic acids is 2. The van der Waals surface area contributed by atoms with E-state index < -0.39 is 24.4 Å². The Morgan fingerprint density at radius 2 is 0.912 bits per heavy atom. The number of likely N-dealkylation sites (tertiary alicyclic amines) is 2. The molecule has 2 aliphatic rings. The fourth-order valence-corrected chi connectivity index (χ4v) is 7.29. The lowest BCUT2D eigenvalue weighted by Crippen LogP contribution is -2.65. The van der Waals surface area contributed by atoms with Crippen molar-refractivity contribution >= 4 is 11.9 Å². The van der Waals surface area contributed by atoms with Crippen molar-refractivity contribution in [2.45, 2.75) is 155 Å². The monoisotopic (exact) mass is 484 g/mol. The molecule has 2 unspecified atom stereocenters. The van der Waals surface area contributed by atoms with Gasteiger partial charge in [0, 0.05) is 47.8 Å². The van der Waals surface area contributed by atoms with Crippen LogP contribution in [0, 0.1) is 0 Å². The molecule has 0 radical (unpaired) electrons. The third kappa shape index (κ3) is 6.71. The molecule has 2 rings (SSSR count). The quantitative estimate of drug-likeness (QED) is 0.529. The normalized spacial score (nSPS) is 27.1. The Labute approximate surface area is 206 Å². The van der Waals surface area contributed by atoms with Gasteiger partial charge in [0.15, 0.2) is 0 Å². The zero-order valence-electron chi connectivity index (χ0n) is 23.0. The molecule has 34 heavy (non-hydrogen) atoms. The van der Waals surface area contributed by atoms with E-state index in [1.54, 1.807) is 13.8 Å². The first-order valence-corrected chi connectivity index (χ1v) is 12.6. The Bertz CT molecular complexity index is 646. The van der Waals surface area contributed by atoms with Gasteiger partial charge in [-0.1, -0.05) is 0 Å². The van der Waals surface area contributed by atoms with Gasteiger partial charge in [-0.3, -0.25) is 19.4 Å². The summed E-state index contributed by atoms with van der Waals surface area (Å²) in [4.78, 5) is 29.2. The van der Waals surface area contributed by atoms with Crippen LogP contribution in [0.4, 0.5) is 0 Å². The molecule has 0 aliphatic carbocycles. The minimum atomic E-state index is -0.598. The van der Waals surface area contributed by atoms with Crippen LogP contribution in [0.5, 0.6) is 0 Å². The van der Waals surface area contributed by atoms with Crippen molar-refractivity contribution < 1.29 is 29.3 Å². The average molecular weight is 485 g/mol. The molecule has 0 aromatic heterocycles. The summed E-state index contributed by atoms with van der Waals surface area (Å²) in [7, 11) is 0. The maximum absolute atomic E-state index is 12.5. The van der Waals surface area contributed by atoms with E-state index in [-0.39, 0.29) is 47.2 Å². The van der Waals surface area contributed by atoms with Crippen LogP contribution >= 0.6 is 0 Å². The zero-order chi connectivity index (χ0) is 26.3. The SMILES string of the molecule is CC(O)N1C(C)(C)CC(OC(=O)CCC(=O)OC2CC(C)(C)N(C(C)O)C(C)(C)C2)CC1(C)C. The topological polar surface area (TPSA) is 99.5 Å². The molecule has 0 aromatic carbocycles. The van der Waals surface area contributed by atoms with Crippen molar-refractivity contribution in [1.82, 2.24) is 9.80 Å². The summed E-state index contributed by atoms with van der Waals surface area (Å²) in [6.07, 6.45) is 0.688. The number of nitrogens with zero attached hydrogens (tertiary/aromatic N) is 2. The van der Waals surface area contributed by atoms with Gasteiger partial charge in [-0.15, -0.1) is 0 Å². The van der Waals surface area contributed by atoms with E-state index >= 15 is 0 Å². The molecule has 0 bridgehead atoms. The van der Waals surface area contributed by atoms with Crippen LogP contribution in [0.2, 0.25) is 0 Å². The number of aliphatic hydroxyl groups excluding tert-OH is 2. The summed E-state index contributed by atoms with van der Waals surface area (Å²) < 4.78 is 11.5. The van der Waals surface area contributed by atoms with E-state index in [1.807, 2.05) is 55.4 Å². The lowest BCUT2D eigenvalue weighted by molar-refractivity contribution is -0.183. The molecule has 8 nitrogen and oxygen atoms in total. The van der Waals surface area contributed by atoms with Gasteiger partial charge >= 0.3 is 11.9 Å². The van der Waals surface area contributed by atoms with Crippen LogP contribution in [-0.2, 0) is 19.1 Å². The van der Waals surface area contributed by atoms with E-state index in [9.17, 15) is 19.8 Å². The second kappa shape index (κ2) is 10.0. The van der Waals surface area contributed by atoms with Crippen molar-refractivity contribution in [2.75, 3.05) is 0 Å². The molecule has 0 saturated carbocycles. The van der Waals surface area contributed by atoms with Crippen LogP contribution in [0.1, 0.15) is 108 Å². The molecule has 198 valence electrons. The van der Waals surface area contributed by atoms with E-state index in [1.165, 1.54) is 0 Å². The van der Waals surface area contributed by atoms with E-state index in [2.05, 4.69) is 9.80 Å². The van der Waals surface area contributed by atoms with Gasteiger partial charge in [-0.2, -0.15) is 0 Å². The number of ether oxygens (including phenoxy) is 2. The summed E-state index contributed by atoms with van der Waals surface area (Å²) in [6.45, 7) is 19.9. The van der Waals surface area contributed by atoms with Crippen molar-refractivity contribution in [2.24, 2.45) is 0 Å². The summed E-state index contributed by atoms with van der Waals surface area (Å²) in [5.74, 6) is -0.799. The molecule has 0 aromatic rings. The van der Waals surface area contributed by atoms with Crippen LogP contribution in [-0.4, -0.2) is 78.8 Å². The van der Waals surface area contributed by atoms with Crippen LogP contribution < -0.4 is 0 Å². The second-order valence-corrected chi connectivity index (χ2v) is 12.8.